The first-order chi connectivity index (χ1) is 7.40. The van der Waals surface area contributed by atoms with E-state index in [0.29, 0.717) is 6.42 Å². The summed E-state index contributed by atoms with van der Waals surface area (Å²) in [4.78, 5) is 21.8. The molecule has 3 N–H and O–H groups in total. The molecule has 0 radical (unpaired) electrons. The second-order valence-corrected chi connectivity index (χ2v) is 4.17. The molecular weight excluding hydrogens is 210 g/mol. The van der Waals surface area contributed by atoms with Gasteiger partial charge in [0.1, 0.15) is 0 Å². The third-order valence-electron chi connectivity index (χ3n) is 2.35. The second-order valence-electron chi connectivity index (χ2n) is 4.17. The van der Waals surface area contributed by atoms with Crippen molar-refractivity contribution < 1.29 is 19.8 Å². The average Bonchev–Trinajstić information content (AvgIpc) is 2.21. The van der Waals surface area contributed by atoms with E-state index >= 15 is 0 Å². The molecule has 0 aliphatic heterocycles. The van der Waals surface area contributed by atoms with E-state index in [-0.39, 0.29) is 12.5 Å². The lowest BCUT2D eigenvalue weighted by Crippen LogP contribution is -2.46. The van der Waals surface area contributed by atoms with Crippen molar-refractivity contribution in [3.63, 3.8) is 0 Å². The van der Waals surface area contributed by atoms with Crippen LogP contribution in [0, 0.1) is 0 Å². The molecule has 0 aliphatic rings. The Morgan fingerprint density at radius 1 is 1.25 bits per heavy atom. The zero-order valence-corrected chi connectivity index (χ0v) is 9.95. The van der Waals surface area contributed by atoms with Crippen LogP contribution >= 0.6 is 0 Å². The van der Waals surface area contributed by atoms with E-state index < -0.39 is 11.6 Å². The summed E-state index contributed by atoms with van der Waals surface area (Å²) in [5, 5.41) is 20.3. The zero-order valence-electron chi connectivity index (χ0n) is 9.95. The minimum atomic E-state index is -1.89. The highest BCUT2D eigenvalue weighted by molar-refractivity contribution is 5.80. The number of rotatable bonds is 8. The number of carbonyl (C=O) groups excluding carboxylic acids is 1. The van der Waals surface area contributed by atoms with Crippen LogP contribution in [-0.2, 0) is 9.59 Å². The van der Waals surface area contributed by atoms with Gasteiger partial charge in [0, 0.05) is 6.42 Å². The van der Waals surface area contributed by atoms with Crippen molar-refractivity contribution in [2.75, 3.05) is 6.54 Å². The summed E-state index contributed by atoms with van der Waals surface area (Å²) in [6.07, 6.45) is 4.39. The predicted molar refractivity (Wildman–Crippen MR) is 60.0 cm³/mol. The van der Waals surface area contributed by atoms with Gasteiger partial charge in [-0.15, -0.1) is 0 Å². The van der Waals surface area contributed by atoms with E-state index in [4.69, 9.17) is 5.11 Å². The van der Waals surface area contributed by atoms with Gasteiger partial charge in [0.2, 0.25) is 5.91 Å². The molecule has 1 amide bonds. The Labute approximate surface area is 95.9 Å². The molecule has 0 fully saturated rings. The number of aliphatic hydroxyl groups is 1. The lowest BCUT2D eigenvalue weighted by atomic mass is 10.1. The third kappa shape index (κ3) is 6.40. The number of aliphatic carboxylic acids is 1. The van der Waals surface area contributed by atoms with E-state index in [1.165, 1.54) is 0 Å². The highest BCUT2D eigenvalue weighted by atomic mass is 16.4. The molecule has 0 saturated heterocycles. The van der Waals surface area contributed by atoms with Crippen molar-refractivity contribution >= 4 is 11.9 Å². The van der Waals surface area contributed by atoms with E-state index in [0.717, 1.165) is 32.6 Å². The van der Waals surface area contributed by atoms with Gasteiger partial charge in [0.25, 0.3) is 0 Å². The summed E-state index contributed by atoms with van der Waals surface area (Å²) < 4.78 is 0. The Morgan fingerprint density at radius 3 is 2.38 bits per heavy atom. The van der Waals surface area contributed by atoms with Gasteiger partial charge in [-0.25, -0.2) is 4.79 Å². The first-order valence-electron chi connectivity index (χ1n) is 5.62. The fourth-order valence-corrected chi connectivity index (χ4v) is 1.15. The molecule has 94 valence electrons. The molecule has 0 aliphatic carbocycles. The molecule has 0 spiro atoms. The van der Waals surface area contributed by atoms with E-state index in [1.807, 2.05) is 0 Å². The van der Waals surface area contributed by atoms with Crippen LogP contribution in [0.1, 0.15) is 46.0 Å². The highest BCUT2D eigenvalue weighted by Gasteiger charge is 2.29. The van der Waals surface area contributed by atoms with Crippen molar-refractivity contribution in [1.82, 2.24) is 5.32 Å². The summed E-state index contributed by atoms with van der Waals surface area (Å²) in [6.45, 7) is 2.99. The van der Waals surface area contributed by atoms with Gasteiger partial charge in [-0.2, -0.15) is 0 Å². The van der Waals surface area contributed by atoms with Crippen molar-refractivity contribution in [2.24, 2.45) is 0 Å². The van der Waals surface area contributed by atoms with Gasteiger partial charge >= 0.3 is 5.97 Å². The SMILES string of the molecule is CCCCCCC(=O)NCC(C)(O)C(=O)O. The Bertz CT molecular complexity index is 238. The summed E-state index contributed by atoms with van der Waals surface area (Å²) in [5.41, 5.74) is -1.89. The van der Waals surface area contributed by atoms with Crippen molar-refractivity contribution in [3.05, 3.63) is 0 Å². The number of carboxylic acid groups (broad SMARTS) is 1. The van der Waals surface area contributed by atoms with Crippen LogP contribution in [0.3, 0.4) is 0 Å². The van der Waals surface area contributed by atoms with E-state index in [2.05, 4.69) is 12.2 Å². The molecule has 5 nitrogen and oxygen atoms in total. The minimum absolute atomic E-state index is 0.211. The lowest BCUT2D eigenvalue weighted by Gasteiger charge is -2.18. The molecule has 0 aromatic rings. The fourth-order valence-electron chi connectivity index (χ4n) is 1.15. The second kappa shape index (κ2) is 7.22. The number of hydrogen-bond donors (Lipinski definition) is 3. The fraction of sp³-hybridized carbons (Fsp3) is 0.818. The quantitative estimate of drug-likeness (QED) is 0.542. The van der Waals surface area contributed by atoms with E-state index in [1.54, 1.807) is 0 Å². The van der Waals surface area contributed by atoms with Crippen LogP contribution in [0.15, 0.2) is 0 Å². The van der Waals surface area contributed by atoms with Gasteiger partial charge < -0.3 is 15.5 Å². The standard InChI is InChI=1S/C11H21NO4/c1-3-4-5-6-7-9(13)12-8-11(2,16)10(14)15/h16H,3-8H2,1-2H3,(H,12,13)(H,14,15). The van der Waals surface area contributed by atoms with Gasteiger partial charge in [-0.3, -0.25) is 4.79 Å². The monoisotopic (exact) mass is 231 g/mol. The molecule has 0 aromatic carbocycles. The first kappa shape index (κ1) is 14.9. The first-order valence-corrected chi connectivity index (χ1v) is 5.62. The molecule has 16 heavy (non-hydrogen) atoms. The zero-order chi connectivity index (χ0) is 12.6. The Hall–Kier alpha value is -1.10. The molecule has 0 saturated carbocycles. The van der Waals surface area contributed by atoms with Crippen molar-refractivity contribution in [1.29, 1.82) is 0 Å². The molecular formula is C11H21NO4. The van der Waals surface area contributed by atoms with Crippen LogP contribution in [0.4, 0.5) is 0 Å². The number of nitrogens with one attached hydrogen (secondary N) is 1. The number of unbranched alkanes of at least 4 members (excludes halogenated alkanes) is 3. The summed E-state index contributed by atoms with van der Waals surface area (Å²) in [5.74, 6) is -1.54. The van der Waals surface area contributed by atoms with Crippen molar-refractivity contribution in [2.45, 2.75) is 51.6 Å². The summed E-state index contributed by atoms with van der Waals surface area (Å²) in [6, 6.07) is 0. The van der Waals surface area contributed by atoms with Crippen LogP contribution < -0.4 is 5.32 Å². The van der Waals surface area contributed by atoms with Crippen molar-refractivity contribution in [3.8, 4) is 0 Å². The molecule has 0 bridgehead atoms. The Morgan fingerprint density at radius 2 is 1.88 bits per heavy atom. The van der Waals surface area contributed by atoms with Crippen LogP contribution in [0.2, 0.25) is 0 Å². The molecule has 1 atom stereocenters. The highest BCUT2D eigenvalue weighted by Crippen LogP contribution is 2.04. The normalized spacial score (nSPS) is 14.2. The largest absolute Gasteiger partial charge is 0.479 e. The molecule has 1 unspecified atom stereocenters. The van der Waals surface area contributed by atoms with Crippen LogP contribution in [0.5, 0.6) is 0 Å². The molecule has 5 heteroatoms. The van der Waals surface area contributed by atoms with Gasteiger partial charge in [-0.1, -0.05) is 26.2 Å². The topological polar surface area (TPSA) is 86.6 Å². The predicted octanol–water partition coefficient (Wildman–Crippen LogP) is 0.909. The van der Waals surface area contributed by atoms with Crippen LogP contribution in [-0.4, -0.2) is 34.2 Å². The number of hydrogen-bond acceptors (Lipinski definition) is 3. The van der Waals surface area contributed by atoms with Crippen LogP contribution in [0.25, 0.3) is 0 Å². The maximum Gasteiger partial charge on any atom is 0.337 e. The number of carboxylic acids is 1. The van der Waals surface area contributed by atoms with Gasteiger partial charge in [-0.05, 0) is 13.3 Å². The molecule has 0 rings (SSSR count). The molecule has 0 heterocycles. The lowest BCUT2D eigenvalue weighted by molar-refractivity contribution is -0.156. The molecule has 0 aromatic heterocycles. The van der Waals surface area contributed by atoms with E-state index in [9.17, 15) is 14.7 Å². The Kier molecular flexibility index (Phi) is 6.72. The number of amides is 1. The van der Waals surface area contributed by atoms with Gasteiger partial charge in [0.05, 0.1) is 6.54 Å². The third-order valence-corrected chi connectivity index (χ3v) is 2.35. The average molecular weight is 231 g/mol. The summed E-state index contributed by atoms with van der Waals surface area (Å²) >= 11 is 0. The van der Waals surface area contributed by atoms with Gasteiger partial charge in [0.15, 0.2) is 5.60 Å². The maximum atomic E-state index is 11.3. The Balaban J connectivity index is 3.69. The maximum absolute atomic E-state index is 11.3. The smallest absolute Gasteiger partial charge is 0.337 e. The minimum Gasteiger partial charge on any atom is -0.479 e. The summed E-state index contributed by atoms with van der Waals surface area (Å²) in [7, 11) is 0. The number of carbonyl (C=O) groups is 2.